The van der Waals surface area contributed by atoms with Gasteiger partial charge in [0.2, 0.25) is 0 Å². The summed E-state index contributed by atoms with van der Waals surface area (Å²) in [6.07, 6.45) is 2.11. The van der Waals surface area contributed by atoms with Gasteiger partial charge in [0.1, 0.15) is 0 Å². The number of hydrogen-bond donors (Lipinski definition) is 1. The van der Waals surface area contributed by atoms with Gasteiger partial charge in [-0.25, -0.2) is 0 Å². The van der Waals surface area contributed by atoms with Gasteiger partial charge >= 0.3 is 5.97 Å². The molecule has 0 fully saturated rings. The lowest BCUT2D eigenvalue weighted by molar-refractivity contribution is -0.138. The second kappa shape index (κ2) is 4.61. The first kappa shape index (κ1) is 10.5. The number of aryl methyl sites for hydroxylation is 1. The quantitative estimate of drug-likeness (QED) is 0.741. The number of hydrogen-bond acceptors (Lipinski definition) is 1. The highest BCUT2D eigenvalue weighted by Gasteiger charge is 2.17. The van der Waals surface area contributed by atoms with Crippen LogP contribution in [0.25, 0.3) is 0 Å². The molecular formula is C12H14O2. The first-order valence-corrected chi connectivity index (χ1v) is 4.55. The summed E-state index contributed by atoms with van der Waals surface area (Å²) in [7, 11) is 0. The van der Waals surface area contributed by atoms with E-state index >= 15 is 0 Å². The molecule has 0 aliphatic carbocycles. The molecule has 0 saturated heterocycles. The third-order valence-corrected chi connectivity index (χ3v) is 2.14. The highest BCUT2D eigenvalue weighted by atomic mass is 16.4. The van der Waals surface area contributed by atoms with E-state index in [2.05, 4.69) is 6.58 Å². The van der Waals surface area contributed by atoms with Gasteiger partial charge in [0, 0.05) is 0 Å². The number of carboxylic acid groups (broad SMARTS) is 1. The van der Waals surface area contributed by atoms with Crippen LogP contribution in [-0.2, 0) is 4.79 Å². The van der Waals surface area contributed by atoms with E-state index in [9.17, 15) is 4.79 Å². The van der Waals surface area contributed by atoms with E-state index in [4.69, 9.17) is 5.11 Å². The van der Waals surface area contributed by atoms with Crippen molar-refractivity contribution in [2.75, 3.05) is 0 Å². The minimum absolute atomic E-state index is 0.465. The summed E-state index contributed by atoms with van der Waals surface area (Å²) in [5, 5.41) is 9.00. The van der Waals surface area contributed by atoms with Gasteiger partial charge in [-0.3, -0.25) is 4.79 Å². The fourth-order valence-corrected chi connectivity index (χ4v) is 1.43. The van der Waals surface area contributed by atoms with Crippen LogP contribution < -0.4 is 0 Å². The third-order valence-electron chi connectivity index (χ3n) is 2.14. The van der Waals surface area contributed by atoms with Crippen molar-refractivity contribution < 1.29 is 9.90 Å². The average molecular weight is 190 g/mol. The maximum Gasteiger partial charge on any atom is 0.311 e. The number of rotatable bonds is 4. The molecule has 0 saturated carbocycles. The third kappa shape index (κ3) is 2.46. The molecule has 0 aromatic heterocycles. The van der Waals surface area contributed by atoms with Gasteiger partial charge in [-0.2, -0.15) is 0 Å². The molecule has 1 aromatic rings. The maximum atomic E-state index is 11.0. The molecule has 0 spiro atoms. The summed E-state index contributed by atoms with van der Waals surface area (Å²) in [5.41, 5.74) is 1.93. The number of aliphatic carboxylic acids is 1. The minimum atomic E-state index is -0.796. The van der Waals surface area contributed by atoms with Crippen LogP contribution in [0.5, 0.6) is 0 Å². The van der Waals surface area contributed by atoms with Crippen LogP contribution in [0.3, 0.4) is 0 Å². The molecule has 0 aliphatic heterocycles. The molecule has 0 radical (unpaired) electrons. The Balaban J connectivity index is 2.98. The molecule has 0 aliphatic rings. The van der Waals surface area contributed by atoms with Gasteiger partial charge in [-0.05, 0) is 18.9 Å². The van der Waals surface area contributed by atoms with Gasteiger partial charge < -0.3 is 5.11 Å². The van der Waals surface area contributed by atoms with Gasteiger partial charge in [0.05, 0.1) is 5.92 Å². The molecule has 1 atom stereocenters. The zero-order valence-electron chi connectivity index (χ0n) is 8.23. The lowest BCUT2D eigenvalue weighted by Gasteiger charge is -2.10. The molecular weight excluding hydrogens is 176 g/mol. The zero-order valence-corrected chi connectivity index (χ0v) is 8.23. The number of carbonyl (C=O) groups is 1. The number of benzene rings is 1. The van der Waals surface area contributed by atoms with Gasteiger partial charge in [0.25, 0.3) is 0 Å². The molecule has 1 N–H and O–H groups in total. The molecule has 14 heavy (non-hydrogen) atoms. The number of carboxylic acids is 1. The zero-order chi connectivity index (χ0) is 10.6. The van der Waals surface area contributed by atoms with E-state index in [0.29, 0.717) is 6.42 Å². The van der Waals surface area contributed by atoms with Crippen LogP contribution in [0.1, 0.15) is 23.5 Å². The number of allylic oxidation sites excluding steroid dienone is 1. The summed E-state index contributed by atoms with van der Waals surface area (Å²) in [6.45, 7) is 5.52. The van der Waals surface area contributed by atoms with Crippen molar-refractivity contribution in [2.45, 2.75) is 19.3 Å². The van der Waals surface area contributed by atoms with Crippen molar-refractivity contribution in [1.29, 1.82) is 0 Å². The molecule has 1 aromatic carbocycles. The molecule has 2 nitrogen and oxygen atoms in total. The van der Waals surface area contributed by atoms with Gasteiger partial charge in [-0.1, -0.05) is 35.9 Å². The Hall–Kier alpha value is -1.57. The predicted molar refractivity (Wildman–Crippen MR) is 56.4 cm³/mol. The highest BCUT2D eigenvalue weighted by molar-refractivity contribution is 5.76. The Morgan fingerprint density at radius 2 is 2.36 bits per heavy atom. The van der Waals surface area contributed by atoms with Crippen molar-refractivity contribution in [3.63, 3.8) is 0 Å². The second-order valence-electron chi connectivity index (χ2n) is 3.33. The van der Waals surface area contributed by atoms with Crippen molar-refractivity contribution >= 4 is 5.97 Å². The Labute approximate surface area is 83.9 Å². The van der Waals surface area contributed by atoms with E-state index < -0.39 is 11.9 Å². The maximum absolute atomic E-state index is 11.0. The summed E-state index contributed by atoms with van der Waals surface area (Å²) >= 11 is 0. The van der Waals surface area contributed by atoms with Crippen LogP contribution in [-0.4, -0.2) is 11.1 Å². The van der Waals surface area contributed by atoms with E-state index in [-0.39, 0.29) is 0 Å². The first-order chi connectivity index (χ1) is 6.65. The average Bonchev–Trinajstić information content (AvgIpc) is 2.13. The van der Waals surface area contributed by atoms with E-state index in [1.807, 2.05) is 31.2 Å². The normalized spacial score (nSPS) is 12.1. The minimum Gasteiger partial charge on any atom is -0.481 e. The predicted octanol–water partition coefficient (Wildman–Crippen LogP) is 2.74. The summed E-state index contributed by atoms with van der Waals surface area (Å²) in [4.78, 5) is 11.0. The topological polar surface area (TPSA) is 37.3 Å². The molecule has 0 heterocycles. The monoisotopic (exact) mass is 190 g/mol. The summed E-state index contributed by atoms with van der Waals surface area (Å²) < 4.78 is 0. The molecule has 2 heteroatoms. The molecule has 1 rings (SSSR count). The largest absolute Gasteiger partial charge is 0.481 e. The van der Waals surface area contributed by atoms with Crippen molar-refractivity contribution in [1.82, 2.24) is 0 Å². The van der Waals surface area contributed by atoms with E-state index in [1.54, 1.807) is 6.08 Å². The second-order valence-corrected chi connectivity index (χ2v) is 3.33. The molecule has 0 amide bonds. The summed E-state index contributed by atoms with van der Waals surface area (Å²) in [5.74, 6) is -1.26. The van der Waals surface area contributed by atoms with E-state index in [1.165, 1.54) is 0 Å². The molecule has 1 unspecified atom stereocenters. The lowest BCUT2D eigenvalue weighted by atomic mass is 9.95. The van der Waals surface area contributed by atoms with Crippen LogP contribution in [0, 0.1) is 6.92 Å². The fourth-order valence-electron chi connectivity index (χ4n) is 1.43. The Morgan fingerprint density at radius 1 is 1.64 bits per heavy atom. The van der Waals surface area contributed by atoms with Crippen molar-refractivity contribution in [2.24, 2.45) is 0 Å². The molecule has 74 valence electrons. The first-order valence-electron chi connectivity index (χ1n) is 4.55. The highest BCUT2D eigenvalue weighted by Crippen LogP contribution is 2.21. The van der Waals surface area contributed by atoms with Crippen LogP contribution in [0.15, 0.2) is 36.9 Å². The lowest BCUT2D eigenvalue weighted by Crippen LogP contribution is -2.10. The van der Waals surface area contributed by atoms with Crippen molar-refractivity contribution in [3.8, 4) is 0 Å². The molecule has 0 bridgehead atoms. The van der Waals surface area contributed by atoms with Gasteiger partial charge in [-0.15, -0.1) is 6.58 Å². The van der Waals surface area contributed by atoms with Crippen molar-refractivity contribution in [3.05, 3.63) is 48.0 Å². The van der Waals surface area contributed by atoms with Gasteiger partial charge in [0.15, 0.2) is 0 Å². The Morgan fingerprint density at radius 3 is 2.86 bits per heavy atom. The standard InChI is InChI=1S/C12H14O2/c1-3-5-11(12(13)14)10-7-4-6-9(2)8-10/h3-4,6-8,11H,1,5H2,2H3,(H,13,14). The SMILES string of the molecule is C=CCC(C(=O)O)c1cccc(C)c1. The Bertz CT molecular complexity index is 342. The smallest absolute Gasteiger partial charge is 0.311 e. The Kier molecular flexibility index (Phi) is 3.46. The van der Waals surface area contributed by atoms with Crippen LogP contribution >= 0.6 is 0 Å². The van der Waals surface area contributed by atoms with Crippen LogP contribution in [0.2, 0.25) is 0 Å². The summed E-state index contributed by atoms with van der Waals surface area (Å²) in [6, 6.07) is 7.58. The van der Waals surface area contributed by atoms with Crippen LogP contribution in [0.4, 0.5) is 0 Å². The fraction of sp³-hybridized carbons (Fsp3) is 0.250. The van der Waals surface area contributed by atoms with E-state index in [0.717, 1.165) is 11.1 Å².